The van der Waals surface area contributed by atoms with Gasteiger partial charge in [-0.15, -0.1) is 0 Å². The minimum Gasteiger partial charge on any atom is -0.331 e. The predicted octanol–water partition coefficient (Wildman–Crippen LogP) is 2.93. The number of nitrogens with zero attached hydrogens (tertiary/aromatic N) is 1. The van der Waals surface area contributed by atoms with E-state index in [0.29, 0.717) is 11.3 Å². The minimum atomic E-state index is -4.89. The maximum atomic E-state index is 12.7. The third kappa shape index (κ3) is 4.43. The lowest BCUT2D eigenvalue weighted by molar-refractivity contribution is -0.185. The van der Waals surface area contributed by atoms with Crippen LogP contribution in [0, 0.1) is 11.3 Å². The molecule has 2 aliphatic rings. The van der Waals surface area contributed by atoms with Crippen molar-refractivity contribution >= 4 is 17.5 Å². The van der Waals surface area contributed by atoms with E-state index < -0.39 is 12.1 Å². The number of rotatable bonds is 5. The molecule has 0 aromatic heterocycles. The summed E-state index contributed by atoms with van der Waals surface area (Å²) < 4.78 is 38.0. The van der Waals surface area contributed by atoms with Gasteiger partial charge in [-0.2, -0.15) is 13.2 Å². The number of anilines is 1. The third-order valence-corrected chi connectivity index (χ3v) is 5.58. The van der Waals surface area contributed by atoms with Crippen LogP contribution in [0.2, 0.25) is 0 Å². The minimum absolute atomic E-state index is 0.00204. The highest BCUT2D eigenvalue weighted by atomic mass is 19.4. The highest BCUT2D eigenvalue weighted by Gasteiger charge is 2.57. The zero-order valence-electron chi connectivity index (χ0n) is 15.2. The van der Waals surface area contributed by atoms with Crippen LogP contribution < -0.4 is 10.6 Å². The molecule has 2 fully saturated rings. The zero-order valence-corrected chi connectivity index (χ0v) is 15.2. The van der Waals surface area contributed by atoms with Gasteiger partial charge in [0.05, 0.1) is 0 Å². The van der Waals surface area contributed by atoms with E-state index in [1.165, 1.54) is 6.92 Å². The summed E-state index contributed by atoms with van der Waals surface area (Å²) in [5, 5.41) is 6.18. The van der Waals surface area contributed by atoms with Gasteiger partial charge in [0.25, 0.3) is 0 Å². The first-order chi connectivity index (χ1) is 12.7. The van der Waals surface area contributed by atoms with Gasteiger partial charge in [0, 0.05) is 24.7 Å². The summed E-state index contributed by atoms with van der Waals surface area (Å²) >= 11 is 0. The molecule has 0 radical (unpaired) electrons. The lowest BCUT2D eigenvalue weighted by Gasteiger charge is -2.23. The second-order valence-electron chi connectivity index (χ2n) is 7.38. The fourth-order valence-electron chi connectivity index (χ4n) is 3.90. The van der Waals surface area contributed by atoms with Crippen molar-refractivity contribution in [3.05, 3.63) is 29.8 Å². The smallest absolute Gasteiger partial charge is 0.331 e. The average Bonchev–Trinajstić information content (AvgIpc) is 3.32. The van der Waals surface area contributed by atoms with Crippen molar-refractivity contribution in [3.8, 4) is 0 Å². The van der Waals surface area contributed by atoms with Crippen molar-refractivity contribution in [3.63, 3.8) is 0 Å². The number of hydrogen-bond donors (Lipinski definition) is 2. The molecule has 8 heteroatoms. The van der Waals surface area contributed by atoms with E-state index in [0.717, 1.165) is 37.3 Å². The number of halogens is 3. The fourth-order valence-corrected chi connectivity index (χ4v) is 3.90. The van der Waals surface area contributed by atoms with Crippen LogP contribution in [0.25, 0.3) is 0 Å². The third-order valence-electron chi connectivity index (χ3n) is 5.58. The predicted molar refractivity (Wildman–Crippen MR) is 94.9 cm³/mol. The van der Waals surface area contributed by atoms with Crippen LogP contribution in [0.15, 0.2) is 24.3 Å². The Morgan fingerprint density at radius 3 is 2.63 bits per heavy atom. The number of carbonyl (C=O) groups is 2. The number of amides is 2. The molecule has 1 aliphatic heterocycles. The average molecular weight is 383 g/mol. The number of piperidine rings is 1. The SMILES string of the molecule is CCN(Cc1cccc(NC(=O)C2CC23CCNCC3)c1)C(=O)C(F)(F)F. The highest BCUT2D eigenvalue weighted by Crippen LogP contribution is 2.58. The van der Waals surface area contributed by atoms with Gasteiger partial charge in [-0.3, -0.25) is 9.59 Å². The number of nitrogens with one attached hydrogen (secondary N) is 2. The van der Waals surface area contributed by atoms with Crippen molar-refractivity contribution < 1.29 is 22.8 Å². The Balaban J connectivity index is 1.62. The first-order valence-corrected chi connectivity index (χ1v) is 9.22. The number of hydrogen-bond acceptors (Lipinski definition) is 3. The molecule has 27 heavy (non-hydrogen) atoms. The summed E-state index contributed by atoms with van der Waals surface area (Å²) in [5.74, 6) is -1.89. The van der Waals surface area contributed by atoms with Crippen LogP contribution in [0.4, 0.5) is 18.9 Å². The molecule has 1 saturated heterocycles. The number of benzene rings is 1. The Morgan fingerprint density at radius 1 is 1.30 bits per heavy atom. The molecule has 1 heterocycles. The second kappa shape index (κ2) is 7.50. The Labute approximate surface area is 156 Å². The molecule has 2 N–H and O–H groups in total. The Morgan fingerprint density at radius 2 is 2.00 bits per heavy atom. The van der Waals surface area contributed by atoms with Gasteiger partial charge in [-0.25, -0.2) is 0 Å². The molecule has 1 atom stereocenters. The first kappa shape index (κ1) is 19.7. The van der Waals surface area contributed by atoms with E-state index in [9.17, 15) is 22.8 Å². The number of alkyl halides is 3. The maximum absolute atomic E-state index is 12.7. The monoisotopic (exact) mass is 383 g/mol. The van der Waals surface area contributed by atoms with Crippen molar-refractivity contribution in [1.29, 1.82) is 0 Å². The van der Waals surface area contributed by atoms with Crippen LogP contribution in [-0.4, -0.2) is 42.5 Å². The Hall–Kier alpha value is -2.09. The van der Waals surface area contributed by atoms with Gasteiger partial charge in [-0.1, -0.05) is 12.1 Å². The zero-order chi connectivity index (χ0) is 19.7. The number of carbonyl (C=O) groups excluding carboxylic acids is 2. The topological polar surface area (TPSA) is 61.4 Å². The summed E-state index contributed by atoms with van der Waals surface area (Å²) in [7, 11) is 0. The van der Waals surface area contributed by atoms with E-state index >= 15 is 0 Å². The van der Waals surface area contributed by atoms with Crippen molar-refractivity contribution in [2.75, 3.05) is 25.0 Å². The van der Waals surface area contributed by atoms with Gasteiger partial charge in [0.15, 0.2) is 0 Å². The van der Waals surface area contributed by atoms with E-state index in [-0.39, 0.29) is 30.3 Å². The highest BCUT2D eigenvalue weighted by molar-refractivity contribution is 5.95. The van der Waals surface area contributed by atoms with E-state index in [2.05, 4.69) is 10.6 Å². The first-order valence-electron chi connectivity index (χ1n) is 9.22. The van der Waals surface area contributed by atoms with Crippen LogP contribution in [0.1, 0.15) is 31.7 Å². The van der Waals surface area contributed by atoms with E-state index in [1.807, 2.05) is 0 Å². The molecule has 1 spiro atoms. The van der Waals surface area contributed by atoms with Gasteiger partial charge in [0.1, 0.15) is 0 Å². The molecule has 1 unspecified atom stereocenters. The quantitative estimate of drug-likeness (QED) is 0.822. The van der Waals surface area contributed by atoms with Crippen LogP contribution in [-0.2, 0) is 16.1 Å². The Kier molecular flexibility index (Phi) is 5.46. The van der Waals surface area contributed by atoms with Crippen LogP contribution in [0.3, 0.4) is 0 Å². The largest absolute Gasteiger partial charge is 0.471 e. The van der Waals surface area contributed by atoms with Crippen molar-refractivity contribution in [1.82, 2.24) is 10.2 Å². The fraction of sp³-hybridized carbons (Fsp3) is 0.579. The molecular formula is C19H24F3N3O2. The maximum Gasteiger partial charge on any atom is 0.471 e. The van der Waals surface area contributed by atoms with E-state index in [4.69, 9.17) is 0 Å². The normalized spacial score (nSPS) is 21.0. The summed E-state index contributed by atoms with van der Waals surface area (Å²) in [5.41, 5.74) is 1.20. The summed E-state index contributed by atoms with van der Waals surface area (Å²) in [6.45, 7) is 3.16. The molecule has 5 nitrogen and oxygen atoms in total. The van der Waals surface area contributed by atoms with Gasteiger partial charge < -0.3 is 15.5 Å². The summed E-state index contributed by atoms with van der Waals surface area (Å²) in [6, 6.07) is 6.65. The molecule has 1 saturated carbocycles. The van der Waals surface area contributed by atoms with Crippen LogP contribution >= 0.6 is 0 Å². The van der Waals surface area contributed by atoms with Crippen molar-refractivity contribution in [2.45, 2.75) is 38.9 Å². The molecule has 1 aromatic carbocycles. The lowest BCUT2D eigenvalue weighted by Crippen LogP contribution is -2.40. The standard InChI is InChI=1S/C19H24F3N3O2/c1-2-25(17(27)19(20,21)22)12-13-4-3-5-14(10-13)24-16(26)15-11-18(15)6-8-23-9-7-18/h3-5,10,15,23H,2,6-9,11-12H2,1H3,(H,24,26). The molecule has 2 amide bonds. The molecule has 0 bridgehead atoms. The molecule has 1 aromatic rings. The lowest BCUT2D eigenvalue weighted by atomic mass is 9.92. The second-order valence-corrected chi connectivity index (χ2v) is 7.38. The summed E-state index contributed by atoms with van der Waals surface area (Å²) in [4.78, 5) is 24.7. The van der Waals surface area contributed by atoms with Crippen molar-refractivity contribution in [2.24, 2.45) is 11.3 Å². The Bertz CT molecular complexity index is 714. The van der Waals surface area contributed by atoms with E-state index in [1.54, 1.807) is 24.3 Å². The summed E-state index contributed by atoms with van der Waals surface area (Å²) in [6.07, 6.45) is -2.01. The van der Waals surface area contributed by atoms with Gasteiger partial charge in [-0.05, 0) is 62.4 Å². The molecular weight excluding hydrogens is 359 g/mol. The van der Waals surface area contributed by atoms with Gasteiger partial charge in [0.2, 0.25) is 5.91 Å². The molecule has 1 aliphatic carbocycles. The van der Waals surface area contributed by atoms with Gasteiger partial charge >= 0.3 is 12.1 Å². The molecule has 148 valence electrons. The van der Waals surface area contributed by atoms with Crippen LogP contribution in [0.5, 0.6) is 0 Å². The molecule has 3 rings (SSSR count).